The molecule has 0 N–H and O–H groups in total. The van der Waals surface area contributed by atoms with Gasteiger partial charge in [-0.2, -0.15) is 0 Å². The third-order valence-corrected chi connectivity index (χ3v) is 6.18. The van der Waals surface area contributed by atoms with E-state index in [1.54, 1.807) is 4.90 Å². The van der Waals surface area contributed by atoms with Crippen molar-refractivity contribution in [2.75, 3.05) is 31.6 Å². The average molecular weight is 358 g/mol. The maximum atomic E-state index is 12.3. The number of hydrogen-bond donors (Lipinski definition) is 0. The predicted molar refractivity (Wildman–Crippen MR) is 88.3 cm³/mol. The standard InChI is InChI=1S/C16H26N2O5S/c1-24(21,22)11-14(19)17-9-5-13(6-10-17)18-12-16(23-15(18)20)7-3-2-4-8-16/h13H,2-12H2,1H3. The Balaban J connectivity index is 1.55. The topological polar surface area (TPSA) is 84.0 Å². The van der Waals surface area contributed by atoms with Gasteiger partial charge in [-0.3, -0.25) is 4.79 Å². The Labute approximate surface area is 143 Å². The Morgan fingerprint density at radius 1 is 1.21 bits per heavy atom. The molecule has 0 bridgehead atoms. The van der Waals surface area contributed by atoms with Gasteiger partial charge in [0.25, 0.3) is 0 Å². The summed E-state index contributed by atoms with van der Waals surface area (Å²) in [6, 6.07) is 0.0843. The first-order valence-electron chi connectivity index (χ1n) is 8.73. The van der Waals surface area contributed by atoms with Crippen LogP contribution in [0, 0.1) is 0 Å². The smallest absolute Gasteiger partial charge is 0.410 e. The van der Waals surface area contributed by atoms with E-state index in [-0.39, 0.29) is 23.6 Å². The number of ether oxygens (including phenoxy) is 1. The quantitative estimate of drug-likeness (QED) is 0.756. The molecule has 2 aliphatic heterocycles. The molecule has 8 heteroatoms. The Kier molecular flexibility index (Phi) is 4.77. The lowest BCUT2D eigenvalue weighted by atomic mass is 9.84. The number of amides is 2. The molecule has 0 aromatic heterocycles. The first kappa shape index (κ1) is 17.5. The predicted octanol–water partition coefficient (Wildman–Crippen LogP) is 1.18. The zero-order valence-corrected chi connectivity index (χ0v) is 15.0. The Morgan fingerprint density at radius 3 is 2.42 bits per heavy atom. The molecule has 1 saturated carbocycles. The molecule has 7 nitrogen and oxygen atoms in total. The molecule has 3 rings (SSSR count). The normalized spacial score (nSPS) is 25.1. The number of nitrogens with zero attached hydrogens (tertiary/aromatic N) is 2. The maximum absolute atomic E-state index is 12.3. The molecule has 0 unspecified atom stereocenters. The molecule has 2 saturated heterocycles. The summed E-state index contributed by atoms with van der Waals surface area (Å²) in [7, 11) is -3.31. The molecule has 0 aromatic carbocycles. The molecule has 0 radical (unpaired) electrons. The molecule has 1 spiro atoms. The van der Waals surface area contributed by atoms with E-state index in [1.165, 1.54) is 6.42 Å². The van der Waals surface area contributed by atoms with Crippen molar-refractivity contribution in [2.45, 2.75) is 56.6 Å². The van der Waals surface area contributed by atoms with Crippen LogP contribution in [0.1, 0.15) is 44.9 Å². The zero-order valence-electron chi connectivity index (χ0n) is 14.2. The van der Waals surface area contributed by atoms with Crippen molar-refractivity contribution in [3.05, 3.63) is 0 Å². The highest BCUT2D eigenvalue weighted by molar-refractivity contribution is 7.91. The minimum absolute atomic E-state index is 0.0843. The molecular formula is C16H26N2O5S. The van der Waals surface area contributed by atoms with Gasteiger partial charge < -0.3 is 14.5 Å². The van der Waals surface area contributed by atoms with E-state index in [4.69, 9.17) is 4.74 Å². The fourth-order valence-corrected chi connectivity index (χ4v) is 4.76. The van der Waals surface area contributed by atoms with Crippen molar-refractivity contribution in [2.24, 2.45) is 0 Å². The van der Waals surface area contributed by atoms with E-state index in [0.717, 1.165) is 31.9 Å². The molecule has 0 aromatic rings. The number of piperidine rings is 1. The van der Waals surface area contributed by atoms with Crippen LogP contribution in [0.3, 0.4) is 0 Å². The highest BCUT2D eigenvalue weighted by atomic mass is 32.2. The molecule has 3 aliphatic rings. The van der Waals surface area contributed by atoms with Gasteiger partial charge in [0.2, 0.25) is 5.91 Å². The summed E-state index contributed by atoms with van der Waals surface area (Å²) in [6.45, 7) is 1.65. The van der Waals surface area contributed by atoms with Crippen molar-refractivity contribution in [3.63, 3.8) is 0 Å². The number of carbonyl (C=O) groups is 2. The molecular weight excluding hydrogens is 332 g/mol. The largest absolute Gasteiger partial charge is 0.441 e. The van der Waals surface area contributed by atoms with Gasteiger partial charge in [-0.05, 0) is 38.5 Å². The van der Waals surface area contributed by atoms with E-state index < -0.39 is 15.6 Å². The number of rotatable bonds is 3. The highest BCUT2D eigenvalue weighted by Crippen LogP contribution is 2.38. The lowest BCUT2D eigenvalue weighted by Gasteiger charge is -2.36. The van der Waals surface area contributed by atoms with Crippen molar-refractivity contribution in [1.82, 2.24) is 9.80 Å². The minimum atomic E-state index is -3.31. The molecule has 136 valence electrons. The summed E-state index contributed by atoms with van der Waals surface area (Å²) in [6.07, 6.45) is 7.53. The van der Waals surface area contributed by atoms with Gasteiger partial charge in [-0.1, -0.05) is 6.42 Å². The summed E-state index contributed by atoms with van der Waals surface area (Å²) in [5.74, 6) is -0.782. The Hall–Kier alpha value is -1.31. The molecule has 24 heavy (non-hydrogen) atoms. The van der Waals surface area contributed by atoms with E-state index in [0.29, 0.717) is 32.5 Å². The maximum Gasteiger partial charge on any atom is 0.410 e. The van der Waals surface area contributed by atoms with Gasteiger partial charge in [0.05, 0.1) is 6.54 Å². The first-order chi connectivity index (χ1) is 11.3. The van der Waals surface area contributed by atoms with Gasteiger partial charge in [0.15, 0.2) is 9.84 Å². The molecule has 2 amide bonds. The average Bonchev–Trinajstić information content (AvgIpc) is 2.82. The van der Waals surface area contributed by atoms with Gasteiger partial charge in [-0.25, -0.2) is 13.2 Å². The lowest BCUT2D eigenvalue weighted by Crippen LogP contribution is -2.49. The van der Waals surface area contributed by atoms with Gasteiger partial charge in [-0.15, -0.1) is 0 Å². The third kappa shape index (κ3) is 3.84. The fraction of sp³-hybridized carbons (Fsp3) is 0.875. The number of carbonyl (C=O) groups excluding carboxylic acids is 2. The van der Waals surface area contributed by atoms with Gasteiger partial charge in [0, 0.05) is 25.4 Å². The van der Waals surface area contributed by atoms with Crippen molar-refractivity contribution >= 4 is 21.8 Å². The van der Waals surface area contributed by atoms with E-state index in [2.05, 4.69) is 0 Å². The van der Waals surface area contributed by atoms with Crippen LogP contribution in [0.2, 0.25) is 0 Å². The van der Waals surface area contributed by atoms with Crippen LogP contribution >= 0.6 is 0 Å². The van der Waals surface area contributed by atoms with E-state index in [9.17, 15) is 18.0 Å². The molecule has 2 heterocycles. The van der Waals surface area contributed by atoms with Crippen LogP contribution in [-0.2, 0) is 19.4 Å². The second kappa shape index (κ2) is 6.54. The summed E-state index contributed by atoms with van der Waals surface area (Å²) in [4.78, 5) is 27.7. The van der Waals surface area contributed by atoms with Crippen LogP contribution in [0.25, 0.3) is 0 Å². The van der Waals surface area contributed by atoms with Gasteiger partial charge >= 0.3 is 6.09 Å². The van der Waals surface area contributed by atoms with Crippen LogP contribution < -0.4 is 0 Å². The number of likely N-dealkylation sites (tertiary alicyclic amines) is 1. The Bertz CT molecular complexity index is 604. The third-order valence-electron chi connectivity index (χ3n) is 5.41. The molecule has 3 fully saturated rings. The van der Waals surface area contributed by atoms with Gasteiger partial charge in [0.1, 0.15) is 11.4 Å². The van der Waals surface area contributed by atoms with E-state index in [1.807, 2.05) is 4.90 Å². The summed E-state index contributed by atoms with van der Waals surface area (Å²) in [5.41, 5.74) is -0.293. The van der Waals surface area contributed by atoms with Crippen LogP contribution in [-0.4, -0.2) is 73.5 Å². The number of sulfone groups is 1. The fourth-order valence-electron chi connectivity index (χ4n) is 4.13. The second-order valence-corrected chi connectivity index (χ2v) is 9.56. The second-order valence-electron chi connectivity index (χ2n) is 7.42. The van der Waals surface area contributed by atoms with Crippen molar-refractivity contribution in [1.29, 1.82) is 0 Å². The van der Waals surface area contributed by atoms with Crippen LogP contribution in [0.5, 0.6) is 0 Å². The summed E-state index contributed by atoms with van der Waals surface area (Å²) in [5, 5.41) is 0. The van der Waals surface area contributed by atoms with Crippen molar-refractivity contribution < 1.29 is 22.7 Å². The lowest BCUT2D eigenvalue weighted by molar-refractivity contribution is -0.129. The van der Waals surface area contributed by atoms with Crippen LogP contribution in [0.15, 0.2) is 0 Å². The summed E-state index contributed by atoms with van der Waals surface area (Å²) < 4.78 is 28.2. The highest BCUT2D eigenvalue weighted by Gasteiger charge is 2.48. The monoisotopic (exact) mass is 358 g/mol. The SMILES string of the molecule is CS(=O)(=O)CC(=O)N1CCC(N2CC3(CCCCC3)OC2=O)CC1. The van der Waals surface area contributed by atoms with Crippen LogP contribution in [0.4, 0.5) is 4.79 Å². The molecule has 1 aliphatic carbocycles. The zero-order chi connectivity index (χ0) is 17.4. The molecule has 0 atom stereocenters. The minimum Gasteiger partial charge on any atom is -0.441 e. The Morgan fingerprint density at radius 2 is 1.83 bits per heavy atom. The number of hydrogen-bond acceptors (Lipinski definition) is 5. The first-order valence-corrected chi connectivity index (χ1v) is 10.8. The van der Waals surface area contributed by atoms with Crippen molar-refractivity contribution in [3.8, 4) is 0 Å². The van der Waals surface area contributed by atoms with E-state index >= 15 is 0 Å². The summed E-state index contributed by atoms with van der Waals surface area (Å²) >= 11 is 0.